The summed E-state index contributed by atoms with van der Waals surface area (Å²) in [6.45, 7) is 2.63. The number of nitrogens with zero attached hydrogens (tertiary/aromatic N) is 1. The molecular formula is C14H22N2O2S. The number of likely N-dealkylation sites (tertiary alicyclic amines) is 1. The van der Waals surface area contributed by atoms with Gasteiger partial charge in [-0.15, -0.1) is 0 Å². The minimum Gasteiger partial charge on any atom is -0.329 e. The summed E-state index contributed by atoms with van der Waals surface area (Å²) in [7, 11) is -3.10. The van der Waals surface area contributed by atoms with Gasteiger partial charge in [-0.05, 0) is 37.1 Å². The third kappa shape index (κ3) is 3.78. The molecule has 2 rings (SSSR count). The first-order valence-electron chi connectivity index (χ1n) is 6.74. The van der Waals surface area contributed by atoms with Gasteiger partial charge >= 0.3 is 0 Å². The van der Waals surface area contributed by atoms with Gasteiger partial charge < -0.3 is 5.73 Å². The minimum atomic E-state index is -3.10. The van der Waals surface area contributed by atoms with E-state index < -0.39 is 9.84 Å². The van der Waals surface area contributed by atoms with Crippen LogP contribution in [0.25, 0.3) is 0 Å². The monoisotopic (exact) mass is 282 g/mol. The molecule has 1 aliphatic rings. The first-order chi connectivity index (χ1) is 9.00. The van der Waals surface area contributed by atoms with Crippen molar-refractivity contribution in [1.29, 1.82) is 0 Å². The van der Waals surface area contributed by atoms with Gasteiger partial charge in [-0.25, -0.2) is 8.42 Å². The highest BCUT2D eigenvalue weighted by Gasteiger charge is 2.20. The van der Waals surface area contributed by atoms with Crippen molar-refractivity contribution in [2.75, 3.05) is 19.3 Å². The lowest BCUT2D eigenvalue weighted by atomic mass is 10.0. The molecule has 0 saturated carbocycles. The standard InChI is InChI=1S/C14H22N2O2S/c1-19(17,18)14-7-5-12(6-8-14)11-16-9-3-2-4-13(16)10-15/h5-8,13H,2-4,9-11,15H2,1H3. The van der Waals surface area contributed by atoms with E-state index in [9.17, 15) is 8.42 Å². The van der Waals surface area contributed by atoms with Crippen LogP contribution in [0.2, 0.25) is 0 Å². The zero-order chi connectivity index (χ0) is 13.9. The topological polar surface area (TPSA) is 63.4 Å². The summed E-state index contributed by atoms with van der Waals surface area (Å²) < 4.78 is 22.8. The van der Waals surface area contributed by atoms with E-state index in [0.29, 0.717) is 17.5 Å². The SMILES string of the molecule is CS(=O)(=O)c1ccc(CN2CCCCC2CN)cc1. The van der Waals surface area contributed by atoms with Gasteiger partial charge in [0.15, 0.2) is 9.84 Å². The summed E-state index contributed by atoms with van der Waals surface area (Å²) in [5, 5.41) is 0. The Hall–Kier alpha value is -0.910. The molecule has 2 N–H and O–H groups in total. The van der Waals surface area contributed by atoms with Crippen LogP contribution in [0.5, 0.6) is 0 Å². The summed E-state index contributed by atoms with van der Waals surface area (Å²) in [5.41, 5.74) is 6.95. The molecule has 1 aliphatic heterocycles. The molecule has 0 aromatic heterocycles. The molecule has 1 saturated heterocycles. The lowest BCUT2D eigenvalue weighted by Gasteiger charge is -2.35. The normalized spacial score (nSPS) is 21.5. The second-order valence-corrected chi connectivity index (χ2v) is 7.29. The third-order valence-electron chi connectivity index (χ3n) is 3.76. The molecule has 5 heteroatoms. The summed E-state index contributed by atoms with van der Waals surface area (Å²) in [6.07, 6.45) is 4.87. The number of benzene rings is 1. The Balaban J connectivity index is 2.06. The number of piperidine rings is 1. The predicted molar refractivity (Wildman–Crippen MR) is 76.7 cm³/mol. The van der Waals surface area contributed by atoms with E-state index in [1.54, 1.807) is 12.1 Å². The van der Waals surface area contributed by atoms with Crippen molar-refractivity contribution in [3.63, 3.8) is 0 Å². The molecule has 1 fully saturated rings. The maximum absolute atomic E-state index is 11.4. The summed E-state index contributed by atoms with van der Waals surface area (Å²) >= 11 is 0. The predicted octanol–water partition coefficient (Wildman–Crippen LogP) is 1.40. The van der Waals surface area contributed by atoms with Crippen LogP contribution in [0.4, 0.5) is 0 Å². The fourth-order valence-electron chi connectivity index (χ4n) is 2.61. The summed E-state index contributed by atoms with van der Waals surface area (Å²) in [6, 6.07) is 7.64. The van der Waals surface area contributed by atoms with Crippen molar-refractivity contribution in [2.45, 2.75) is 36.7 Å². The molecule has 1 atom stereocenters. The van der Waals surface area contributed by atoms with Crippen LogP contribution in [-0.2, 0) is 16.4 Å². The van der Waals surface area contributed by atoms with Gasteiger partial charge in [-0.1, -0.05) is 18.6 Å². The van der Waals surface area contributed by atoms with Crippen LogP contribution in [-0.4, -0.2) is 38.7 Å². The minimum absolute atomic E-state index is 0.380. The highest BCUT2D eigenvalue weighted by molar-refractivity contribution is 7.90. The molecule has 0 aliphatic carbocycles. The van der Waals surface area contributed by atoms with Gasteiger partial charge in [-0.3, -0.25) is 4.90 Å². The number of sulfone groups is 1. The quantitative estimate of drug-likeness (QED) is 0.907. The van der Waals surface area contributed by atoms with E-state index in [1.807, 2.05) is 12.1 Å². The molecule has 106 valence electrons. The van der Waals surface area contributed by atoms with Crippen molar-refractivity contribution >= 4 is 9.84 Å². The molecular weight excluding hydrogens is 260 g/mol. The Labute approximate surface area is 115 Å². The second-order valence-electron chi connectivity index (χ2n) is 5.27. The molecule has 19 heavy (non-hydrogen) atoms. The number of nitrogens with two attached hydrogens (primary N) is 1. The molecule has 0 radical (unpaired) electrons. The molecule has 1 aromatic rings. The maximum Gasteiger partial charge on any atom is 0.175 e. The van der Waals surface area contributed by atoms with Crippen LogP contribution in [0, 0.1) is 0 Å². The summed E-state index contributed by atoms with van der Waals surface area (Å²) in [5.74, 6) is 0. The Bertz CT molecular complexity index is 511. The van der Waals surface area contributed by atoms with Crippen molar-refractivity contribution in [2.24, 2.45) is 5.73 Å². The van der Waals surface area contributed by atoms with Crippen molar-refractivity contribution in [3.8, 4) is 0 Å². The van der Waals surface area contributed by atoms with Gasteiger partial charge in [0.05, 0.1) is 4.90 Å². The number of hydrogen-bond acceptors (Lipinski definition) is 4. The first kappa shape index (κ1) is 14.5. The Morgan fingerprint density at radius 2 is 1.95 bits per heavy atom. The number of hydrogen-bond donors (Lipinski definition) is 1. The van der Waals surface area contributed by atoms with E-state index in [1.165, 1.54) is 19.1 Å². The molecule has 1 unspecified atom stereocenters. The van der Waals surface area contributed by atoms with E-state index >= 15 is 0 Å². The highest BCUT2D eigenvalue weighted by Crippen LogP contribution is 2.19. The van der Waals surface area contributed by atoms with E-state index in [0.717, 1.165) is 25.1 Å². The third-order valence-corrected chi connectivity index (χ3v) is 4.89. The second kappa shape index (κ2) is 6.03. The zero-order valence-electron chi connectivity index (χ0n) is 11.4. The van der Waals surface area contributed by atoms with Crippen molar-refractivity contribution in [3.05, 3.63) is 29.8 Å². The lowest BCUT2D eigenvalue weighted by Crippen LogP contribution is -2.43. The van der Waals surface area contributed by atoms with Crippen LogP contribution in [0.15, 0.2) is 29.2 Å². The van der Waals surface area contributed by atoms with E-state index in [-0.39, 0.29) is 0 Å². The van der Waals surface area contributed by atoms with Gasteiger partial charge in [-0.2, -0.15) is 0 Å². The fraction of sp³-hybridized carbons (Fsp3) is 0.571. The van der Waals surface area contributed by atoms with E-state index in [2.05, 4.69) is 4.90 Å². The van der Waals surface area contributed by atoms with E-state index in [4.69, 9.17) is 5.73 Å². The van der Waals surface area contributed by atoms with Crippen LogP contribution >= 0.6 is 0 Å². The average molecular weight is 282 g/mol. The Morgan fingerprint density at radius 1 is 1.26 bits per heavy atom. The maximum atomic E-state index is 11.4. The molecule has 0 spiro atoms. The molecule has 1 heterocycles. The van der Waals surface area contributed by atoms with Crippen LogP contribution in [0.1, 0.15) is 24.8 Å². The smallest absolute Gasteiger partial charge is 0.175 e. The Morgan fingerprint density at radius 3 is 2.53 bits per heavy atom. The van der Waals surface area contributed by atoms with Gasteiger partial charge in [0.25, 0.3) is 0 Å². The summed E-state index contributed by atoms with van der Waals surface area (Å²) in [4.78, 5) is 2.78. The average Bonchev–Trinajstić information content (AvgIpc) is 2.39. The molecule has 0 amide bonds. The zero-order valence-corrected chi connectivity index (χ0v) is 12.2. The Kier molecular flexibility index (Phi) is 4.60. The van der Waals surface area contributed by atoms with Crippen LogP contribution < -0.4 is 5.73 Å². The molecule has 0 bridgehead atoms. The van der Waals surface area contributed by atoms with Gasteiger partial charge in [0, 0.05) is 25.4 Å². The van der Waals surface area contributed by atoms with Gasteiger partial charge in [0.2, 0.25) is 0 Å². The largest absolute Gasteiger partial charge is 0.329 e. The molecule has 4 nitrogen and oxygen atoms in total. The van der Waals surface area contributed by atoms with Gasteiger partial charge in [0.1, 0.15) is 0 Å². The van der Waals surface area contributed by atoms with Crippen molar-refractivity contribution < 1.29 is 8.42 Å². The van der Waals surface area contributed by atoms with Crippen molar-refractivity contribution in [1.82, 2.24) is 4.90 Å². The highest BCUT2D eigenvalue weighted by atomic mass is 32.2. The fourth-order valence-corrected chi connectivity index (χ4v) is 3.24. The first-order valence-corrected chi connectivity index (χ1v) is 8.63. The lowest BCUT2D eigenvalue weighted by molar-refractivity contribution is 0.145. The van der Waals surface area contributed by atoms with Crippen LogP contribution in [0.3, 0.4) is 0 Å². The number of rotatable bonds is 4. The molecule has 1 aromatic carbocycles.